The van der Waals surface area contributed by atoms with E-state index < -0.39 is 5.41 Å². The summed E-state index contributed by atoms with van der Waals surface area (Å²) in [5.74, 6) is 1.39. The first-order valence-corrected chi connectivity index (χ1v) is 8.02. The second kappa shape index (κ2) is 5.96. The summed E-state index contributed by atoms with van der Waals surface area (Å²) in [5, 5.41) is 5.73. The lowest BCUT2D eigenvalue weighted by molar-refractivity contribution is -0.125. The molecule has 2 heterocycles. The van der Waals surface area contributed by atoms with E-state index in [1.165, 1.54) is 11.3 Å². The second-order valence-electron chi connectivity index (χ2n) is 5.59. The molecule has 5 nitrogen and oxygen atoms in total. The molecule has 6 heteroatoms. The molecule has 1 aromatic heterocycles. The van der Waals surface area contributed by atoms with Gasteiger partial charge in [0.15, 0.2) is 11.5 Å². The van der Waals surface area contributed by atoms with E-state index in [1.54, 1.807) is 6.20 Å². The first-order valence-electron chi connectivity index (χ1n) is 7.14. The maximum atomic E-state index is 12.5. The first kappa shape index (κ1) is 14.8. The van der Waals surface area contributed by atoms with Gasteiger partial charge in [0.2, 0.25) is 5.91 Å². The van der Waals surface area contributed by atoms with Crippen LogP contribution in [0.15, 0.2) is 29.8 Å². The van der Waals surface area contributed by atoms with Crippen molar-refractivity contribution in [2.75, 3.05) is 13.2 Å². The van der Waals surface area contributed by atoms with Gasteiger partial charge in [-0.2, -0.15) is 0 Å². The lowest BCUT2D eigenvalue weighted by atomic mass is 9.83. The van der Waals surface area contributed by atoms with E-state index in [-0.39, 0.29) is 5.91 Å². The van der Waals surface area contributed by atoms with Gasteiger partial charge < -0.3 is 14.8 Å². The van der Waals surface area contributed by atoms with Crippen LogP contribution in [0.3, 0.4) is 0 Å². The maximum absolute atomic E-state index is 12.5. The quantitative estimate of drug-likeness (QED) is 0.941. The molecular weight excluding hydrogens is 300 g/mol. The highest BCUT2D eigenvalue weighted by molar-refractivity contribution is 7.09. The Balaban J connectivity index is 1.75. The summed E-state index contributed by atoms with van der Waals surface area (Å²) in [6.45, 7) is 5.34. The highest BCUT2D eigenvalue weighted by Crippen LogP contribution is 2.35. The number of hydrogen-bond acceptors (Lipinski definition) is 5. The van der Waals surface area contributed by atoms with E-state index >= 15 is 0 Å². The number of carbonyl (C=O) groups excluding carboxylic acids is 1. The van der Waals surface area contributed by atoms with E-state index in [0.29, 0.717) is 25.5 Å². The van der Waals surface area contributed by atoms with Crippen LogP contribution in [-0.4, -0.2) is 24.1 Å². The third kappa shape index (κ3) is 2.92. The van der Waals surface area contributed by atoms with Crippen molar-refractivity contribution < 1.29 is 14.3 Å². The number of amides is 1. The summed E-state index contributed by atoms with van der Waals surface area (Å²) in [6, 6.07) is 5.66. The van der Waals surface area contributed by atoms with Crippen LogP contribution in [0, 0.1) is 0 Å². The largest absolute Gasteiger partial charge is 0.486 e. The molecule has 0 aliphatic carbocycles. The summed E-state index contributed by atoms with van der Waals surface area (Å²) >= 11 is 1.53. The van der Waals surface area contributed by atoms with Crippen molar-refractivity contribution in [2.24, 2.45) is 0 Å². The average Bonchev–Trinajstić information content (AvgIpc) is 3.05. The molecule has 0 bridgehead atoms. The van der Waals surface area contributed by atoms with Gasteiger partial charge in [0.25, 0.3) is 0 Å². The molecule has 0 saturated carbocycles. The second-order valence-corrected chi connectivity index (χ2v) is 6.57. The minimum absolute atomic E-state index is 0.0422. The molecule has 2 aromatic rings. The highest BCUT2D eigenvalue weighted by Gasteiger charge is 2.31. The van der Waals surface area contributed by atoms with Crippen LogP contribution in [0.4, 0.5) is 0 Å². The number of rotatable bonds is 4. The van der Waals surface area contributed by atoms with Gasteiger partial charge in [-0.15, -0.1) is 11.3 Å². The number of benzene rings is 1. The summed E-state index contributed by atoms with van der Waals surface area (Å²) in [6.07, 6.45) is 1.73. The average molecular weight is 318 g/mol. The van der Waals surface area contributed by atoms with Gasteiger partial charge >= 0.3 is 0 Å². The van der Waals surface area contributed by atoms with Gasteiger partial charge in [-0.1, -0.05) is 6.07 Å². The van der Waals surface area contributed by atoms with Crippen molar-refractivity contribution in [2.45, 2.75) is 25.8 Å². The number of ether oxygens (including phenoxy) is 2. The minimum atomic E-state index is -0.660. The molecule has 0 saturated heterocycles. The Bertz CT molecular complexity index is 668. The Hall–Kier alpha value is -2.08. The number of carbonyl (C=O) groups is 1. The van der Waals surface area contributed by atoms with Crippen LogP contribution in [0.25, 0.3) is 0 Å². The molecule has 1 N–H and O–H groups in total. The lowest BCUT2D eigenvalue weighted by Crippen LogP contribution is -2.39. The van der Waals surface area contributed by atoms with Crippen molar-refractivity contribution in [1.82, 2.24) is 10.3 Å². The van der Waals surface area contributed by atoms with E-state index in [0.717, 1.165) is 16.3 Å². The zero-order valence-electron chi connectivity index (χ0n) is 12.6. The fraction of sp³-hybridized carbons (Fsp3) is 0.375. The van der Waals surface area contributed by atoms with Crippen LogP contribution < -0.4 is 14.8 Å². The smallest absolute Gasteiger partial charge is 0.230 e. The van der Waals surface area contributed by atoms with E-state index in [1.807, 2.05) is 37.4 Å². The van der Waals surface area contributed by atoms with Gasteiger partial charge in [0.1, 0.15) is 18.2 Å². The molecule has 0 fully saturated rings. The molecule has 0 spiro atoms. The fourth-order valence-electron chi connectivity index (χ4n) is 2.28. The summed E-state index contributed by atoms with van der Waals surface area (Å²) in [4.78, 5) is 16.7. The third-order valence-corrected chi connectivity index (χ3v) is 4.49. The minimum Gasteiger partial charge on any atom is -0.486 e. The Labute approximate surface area is 133 Å². The number of nitrogens with one attached hydrogen (secondary N) is 1. The lowest BCUT2D eigenvalue weighted by Gasteiger charge is -2.26. The number of aromatic nitrogens is 1. The van der Waals surface area contributed by atoms with E-state index in [2.05, 4.69) is 10.3 Å². The third-order valence-electron chi connectivity index (χ3n) is 3.72. The normalized spacial score (nSPS) is 13.7. The molecule has 0 radical (unpaired) electrons. The van der Waals surface area contributed by atoms with Gasteiger partial charge in [-0.05, 0) is 31.5 Å². The Morgan fingerprint density at radius 3 is 2.82 bits per heavy atom. The molecule has 1 aromatic carbocycles. The predicted octanol–water partition coefficient (Wildman–Crippen LogP) is 2.51. The van der Waals surface area contributed by atoms with Crippen LogP contribution in [0.5, 0.6) is 11.5 Å². The van der Waals surface area contributed by atoms with Crippen LogP contribution in [-0.2, 0) is 16.8 Å². The summed E-state index contributed by atoms with van der Waals surface area (Å²) in [5.41, 5.74) is 0.237. The molecule has 1 aliphatic rings. The Morgan fingerprint density at radius 1 is 1.32 bits per heavy atom. The monoisotopic (exact) mass is 318 g/mol. The van der Waals surface area contributed by atoms with Gasteiger partial charge in [-0.3, -0.25) is 4.79 Å². The SMILES string of the molecule is CC(C)(C(=O)NCc1nccs1)c1ccc2c(c1)OCCO2. The topological polar surface area (TPSA) is 60.5 Å². The number of thiazole rings is 1. The fourth-order valence-corrected chi connectivity index (χ4v) is 2.84. The zero-order valence-corrected chi connectivity index (χ0v) is 13.4. The number of fused-ring (bicyclic) bond motifs is 1. The Morgan fingerprint density at radius 2 is 2.09 bits per heavy atom. The van der Waals surface area contributed by atoms with E-state index in [9.17, 15) is 4.79 Å². The molecular formula is C16H18N2O3S. The van der Waals surface area contributed by atoms with Gasteiger partial charge in [-0.25, -0.2) is 4.98 Å². The number of nitrogens with zero attached hydrogens (tertiary/aromatic N) is 1. The van der Waals surface area contributed by atoms with Gasteiger partial charge in [0.05, 0.1) is 12.0 Å². The zero-order chi connectivity index (χ0) is 15.6. The van der Waals surface area contributed by atoms with Crippen molar-refractivity contribution in [3.05, 3.63) is 40.3 Å². The molecule has 0 atom stereocenters. The molecule has 0 unspecified atom stereocenters. The molecule has 22 heavy (non-hydrogen) atoms. The van der Waals surface area contributed by atoms with Crippen LogP contribution in [0.1, 0.15) is 24.4 Å². The highest BCUT2D eigenvalue weighted by atomic mass is 32.1. The molecule has 3 rings (SSSR count). The van der Waals surface area contributed by atoms with Crippen molar-refractivity contribution in [1.29, 1.82) is 0 Å². The summed E-state index contributed by atoms with van der Waals surface area (Å²) < 4.78 is 11.1. The number of hydrogen-bond donors (Lipinski definition) is 1. The van der Waals surface area contributed by atoms with Crippen molar-refractivity contribution >= 4 is 17.2 Å². The molecule has 116 valence electrons. The molecule has 1 amide bonds. The maximum Gasteiger partial charge on any atom is 0.230 e. The van der Waals surface area contributed by atoms with E-state index in [4.69, 9.17) is 9.47 Å². The van der Waals surface area contributed by atoms with Crippen LogP contribution >= 0.6 is 11.3 Å². The first-order chi connectivity index (χ1) is 10.6. The molecule has 1 aliphatic heterocycles. The van der Waals surface area contributed by atoms with Crippen molar-refractivity contribution in [3.8, 4) is 11.5 Å². The van der Waals surface area contributed by atoms with Gasteiger partial charge in [0, 0.05) is 11.6 Å². The van der Waals surface area contributed by atoms with Crippen LogP contribution in [0.2, 0.25) is 0 Å². The predicted molar refractivity (Wildman–Crippen MR) is 84.4 cm³/mol. The van der Waals surface area contributed by atoms with Crippen molar-refractivity contribution in [3.63, 3.8) is 0 Å². The Kier molecular flexibility index (Phi) is 4.02. The standard InChI is InChI=1S/C16H18N2O3S/c1-16(2,15(19)18-10-14-17-5-8-22-14)11-3-4-12-13(9-11)21-7-6-20-12/h3-5,8-9H,6-7,10H2,1-2H3,(H,18,19). The summed E-state index contributed by atoms with van der Waals surface area (Å²) in [7, 11) is 0.